The van der Waals surface area contributed by atoms with Crippen LogP contribution in [0.3, 0.4) is 0 Å². The molecule has 27 heavy (non-hydrogen) atoms. The number of carbonyl (C=O) groups is 2. The van der Waals surface area contributed by atoms with Gasteiger partial charge in [0.25, 0.3) is 5.91 Å². The van der Waals surface area contributed by atoms with Crippen LogP contribution in [0.1, 0.15) is 35.7 Å². The van der Waals surface area contributed by atoms with E-state index in [0.29, 0.717) is 24.5 Å². The average Bonchev–Trinajstić information content (AvgIpc) is 2.71. The Morgan fingerprint density at radius 2 is 1.74 bits per heavy atom. The third-order valence-electron chi connectivity index (χ3n) is 3.96. The Morgan fingerprint density at radius 3 is 2.44 bits per heavy atom. The summed E-state index contributed by atoms with van der Waals surface area (Å²) in [6.07, 6.45) is 2.06. The van der Waals surface area contributed by atoms with Gasteiger partial charge in [0.1, 0.15) is 11.5 Å². The van der Waals surface area contributed by atoms with Crippen molar-refractivity contribution in [3.8, 4) is 11.5 Å². The number of hydrogen-bond acceptors (Lipinski definition) is 4. The zero-order valence-electron chi connectivity index (χ0n) is 15.8. The molecule has 0 aliphatic carbocycles. The molecule has 2 aromatic rings. The van der Waals surface area contributed by atoms with E-state index < -0.39 is 0 Å². The number of amides is 2. The summed E-state index contributed by atoms with van der Waals surface area (Å²) in [4.78, 5) is 24.1. The fourth-order valence-electron chi connectivity index (χ4n) is 2.40. The Labute approximate surface area is 159 Å². The molecular formula is C21H26N2O4. The lowest BCUT2D eigenvalue weighted by Crippen LogP contribution is -2.36. The van der Waals surface area contributed by atoms with Gasteiger partial charge in [0.05, 0.1) is 20.3 Å². The van der Waals surface area contributed by atoms with Crippen molar-refractivity contribution in [1.82, 2.24) is 10.6 Å². The molecule has 0 fully saturated rings. The summed E-state index contributed by atoms with van der Waals surface area (Å²) in [5.41, 5.74) is 1.36. The van der Waals surface area contributed by atoms with E-state index in [1.807, 2.05) is 24.3 Å². The molecule has 144 valence electrons. The Morgan fingerprint density at radius 1 is 1.00 bits per heavy atom. The summed E-state index contributed by atoms with van der Waals surface area (Å²) in [6, 6.07) is 14.3. The molecule has 0 bridgehead atoms. The topological polar surface area (TPSA) is 76.7 Å². The first-order chi connectivity index (χ1) is 13.1. The fourth-order valence-corrected chi connectivity index (χ4v) is 2.40. The van der Waals surface area contributed by atoms with Crippen LogP contribution in [0.25, 0.3) is 0 Å². The van der Waals surface area contributed by atoms with Crippen molar-refractivity contribution in [2.75, 3.05) is 20.3 Å². The highest BCUT2D eigenvalue weighted by Crippen LogP contribution is 2.16. The van der Waals surface area contributed by atoms with Crippen molar-refractivity contribution < 1.29 is 19.1 Å². The highest BCUT2D eigenvalue weighted by molar-refractivity contribution is 5.96. The SMILES string of the molecule is CCCCOc1ccc(C(=O)NCC(=O)NCc2ccccc2OC)cc1. The van der Waals surface area contributed by atoms with E-state index in [4.69, 9.17) is 9.47 Å². The van der Waals surface area contributed by atoms with Crippen LogP contribution in [0.2, 0.25) is 0 Å². The van der Waals surface area contributed by atoms with Crippen LogP contribution in [-0.2, 0) is 11.3 Å². The average molecular weight is 370 g/mol. The summed E-state index contributed by atoms with van der Waals surface area (Å²) >= 11 is 0. The van der Waals surface area contributed by atoms with Crippen LogP contribution in [0.15, 0.2) is 48.5 Å². The summed E-state index contributed by atoms with van der Waals surface area (Å²) in [5.74, 6) is 0.869. The van der Waals surface area contributed by atoms with Crippen LogP contribution >= 0.6 is 0 Å². The van der Waals surface area contributed by atoms with Gasteiger partial charge in [0.15, 0.2) is 0 Å². The Kier molecular flexibility index (Phi) is 8.16. The number of benzene rings is 2. The number of ether oxygens (including phenoxy) is 2. The van der Waals surface area contributed by atoms with Crippen molar-refractivity contribution in [1.29, 1.82) is 0 Å². The van der Waals surface area contributed by atoms with Crippen molar-refractivity contribution in [2.24, 2.45) is 0 Å². The second-order valence-electron chi connectivity index (χ2n) is 6.00. The minimum Gasteiger partial charge on any atom is -0.496 e. The molecule has 0 atom stereocenters. The smallest absolute Gasteiger partial charge is 0.251 e. The monoisotopic (exact) mass is 370 g/mol. The molecule has 0 unspecified atom stereocenters. The van der Waals surface area contributed by atoms with Gasteiger partial charge < -0.3 is 20.1 Å². The lowest BCUT2D eigenvalue weighted by molar-refractivity contribution is -0.120. The number of para-hydroxylation sites is 1. The number of rotatable bonds is 10. The first kappa shape index (κ1) is 20.3. The molecule has 0 saturated heterocycles. The highest BCUT2D eigenvalue weighted by Gasteiger charge is 2.09. The van der Waals surface area contributed by atoms with Gasteiger partial charge in [-0.2, -0.15) is 0 Å². The number of methoxy groups -OCH3 is 1. The Balaban J connectivity index is 1.76. The lowest BCUT2D eigenvalue weighted by atomic mass is 10.2. The summed E-state index contributed by atoms with van der Waals surface area (Å²) < 4.78 is 10.8. The maximum absolute atomic E-state index is 12.1. The minimum atomic E-state index is -0.303. The first-order valence-electron chi connectivity index (χ1n) is 9.03. The van der Waals surface area contributed by atoms with E-state index in [0.717, 1.165) is 24.2 Å². The van der Waals surface area contributed by atoms with Gasteiger partial charge in [-0.05, 0) is 36.8 Å². The zero-order valence-corrected chi connectivity index (χ0v) is 15.8. The molecule has 0 radical (unpaired) electrons. The second kappa shape index (κ2) is 10.9. The molecule has 0 aliphatic heterocycles. The van der Waals surface area contributed by atoms with Crippen molar-refractivity contribution in [3.05, 3.63) is 59.7 Å². The molecule has 0 heterocycles. The molecule has 6 nitrogen and oxygen atoms in total. The van der Waals surface area contributed by atoms with Crippen LogP contribution < -0.4 is 20.1 Å². The van der Waals surface area contributed by atoms with Gasteiger partial charge in [0, 0.05) is 17.7 Å². The molecule has 2 amide bonds. The fraction of sp³-hybridized carbons (Fsp3) is 0.333. The molecular weight excluding hydrogens is 344 g/mol. The molecule has 2 N–H and O–H groups in total. The van der Waals surface area contributed by atoms with Gasteiger partial charge in [-0.15, -0.1) is 0 Å². The third kappa shape index (κ3) is 6.66. The van der Waals surface area contributed by atoms with Crippen LogP contribution in [0.5, 0.6) is 11.5 Å². The van der Waals surface area contributed by atoms with Crippen LogP contribution in [0.4, 0.5) is 0 Å². The Hall–Kier alpha value is -3.02. The minimum absolute atomic E-state index is 0.0945. The zero-order chi connectivity index (χ0) is 19.5. The third-order valence-corrected chi connectivity index (χ3v) is 3.96. The Bertz CT molecular complexity index is 744. The van der Waals surface area contributed by atoms with E-state index in [1.54, 1.807) is 31.4 Å². The predicted molar refractivity (Wildman–Crippen MR) is 104 cm³/mol. The van der Waals surface area contributed by atoms with Gasteiger partial charge >= 0.3 is 0 Å². The van der Waals surface area contributed by atoms with Crippen molar-refractivity contribution in [3.63, 3.8) is 0 Å². The van der Waals surface area contributed by atoms with Crippen LogP contribution in [-0.4, -0.2) is 32.1 Å². The number of carbonyl (C=O) groups excluding carboxylic acids is 2. The normalized spacial score (nSPS) is 10.1. The largest absolute Gasteiger partial charge is 0.496 e. The summed E-state index contributed by atoms with van der Waals surface area (Å²) in [5, 5.41) is 5.38. The molecule has 2 rings (SSSR count). The van der Waals surface area contributed by atoms with E-state index in [-0.39, 0.29) is 18.4 Å². The highest BCUT2D eigenvalue weighted by atomic mass is 16.5. The maximum Gasteiger partial charge on any atom is 0.251 e. The van der Waals surface area contributed by atoms with Crippen molar-refractivity contribution in [2.45, 2.75) is 26.3 Å². The molecule has 2 aromatic carbocycles. The first-order valence-corrected chi connectivity index (χ1v) is 9.03. The standard InChI is InChI=1S/C21H26N2O4/c1-3-4-13-27-18-11-9-16(10-12-18)21(25)23-15-20(24)22-14-17-7-5-6-8-19(17)26-2/h5-12H,3-4,13-15H2,1-2H3,(H,22,24)(H,23,25). The second-order valence-corrected chi connectivity index (χ2v) is 6.00. The van der Waals surface area contributed by atoms with Gasteiger partial charge in [-0.1, -0.05) is 31.5 Å². The molecule has 0 aliphatic rings. The lowest BCUT2D eigenvalue weighted by Gasteiger charge is -2.10. The van der Waals surface area contributed by atoms with E-state index in [2.05, 4.69) is 17.6 Å². The van der Waals surface area contributed by atoms with Gasteiger partial charge in [-0.3, -0.25) is 9.59 Å². The van der Waals surface area contributed by atoms with E-state index >= 15 is 0 Å². The molecule has 6 heteroatoms. The maximum atomic E-state index is 12.1. The molecule has 0 spiro atoms. The van der Waals surface area contributed by atoms with E-state index in [1.165, 1.54) is 0 Å². The summed E-state index contributed by atoms with van der Waals surface area (Å²) in [7, 11) is 1.58. The molecule has 0 aromatic heterocycles. The van der Waals surface area contributed by atoms with Gasteiger partial charge in [-0.25, -0.2) is 0 Å². The molecule has 0 saturated carbocycles. The van der Waals surface area contributed by atoms with E-state index in [9.17, 15) is 9.59 Å². The van der Waals surface area contributed by atoms with Crippen LogP contribution in [0, 0.1) is 0 Å². The summed E-state index contributed by atoms with van der Waals surface area (Å²) in [6.45, 7) is 3.00. The van der Waals surface area contributed by atoms with Gasteiger partial charge in [0.2, 0.25) is 5.91 Å². The number of nitrogens with one attached hydrogen (secondary N) is 2. The quantitative estimate of drug-likeness (QED) is 0.631. The number of unbranched alkanes of at least 4 members (excludes halogenated alkanes) is 1. The van der Waals surface area contributed by atoms with Crippen molar-refractivity contribution >= 4 is 11.8 Å². The predicted octanol–water partition coefficient (Wildman–Crippen LogP) is 2.92. The number of hydrogen-bond donors (Lipinski definition) is 2.